The Kier molecular flexibility index (Phi) is 4.37. The molecule has 4 heterocycles. The molecule has 5 fully saturated rings. The van der Waals surface area contributed by atoms with E-state index in [1.165, 1.54) is 7.11 Å². The van der Waals surface area contributed by atoms with Gasteiger partial charge in [0.1, 0.15) is 0 Å². The van der Waals surface area contributed by atoms with Crippen molar-refractivity contribution in [3.05, 3.63) is 0 Å². The van der Waals surface area contributed by atoms with Gasteiger partial charge in [-0.15, -0.1) is 0 Å². The van der Waals surface area contributed by atoms with Crippen LogP contribution in [0, 0.1) is 29.1 Å². The van der Waals surface area contributed by atoms with Crippen molar-refractivity contribution >= 4 is 11.9 Å². The van der Waals surface area contributed by atoms with Crippen LogP contribution >= 0.6 is 0 Å². The summed E-state index contributed by atoms with van der Waals surface area (Å²) in [6.07, 6.45) is 3.00. The van der Waals surface area contributed by atoms with Gasteiger partial charge in [-0.2, -0.15) is 0 Å². The Balaban J connectivity index is 1.72. The molecule has 0 amide bonds. The third-order valence-corrected chi connectivity index (χ3v) is 7.26. The summed E-state index contributed by atoms with van der Waals surface area (Å²) in [4.78, 5) is 37.0. The number of rotatable bonds is 3. The highest BCUT2D eigenvalue weighted by molar-refractivity contribution is 5.79. The number of fused-ring (bicyclic) bond motifs is 2. The van der Waals surface area contributed by atoms with Crippen molar-refractivity contribution in [2.75, 3.05) is 7.11 Å². The molecular weight excluding hydrogens is 352 g/mol. The third-order valence-electron chi connectivity index (χ3n) is 7.26. The van der Waals surface area contributed by atoms with E-state index in [1.54, 1.807) is 13.8 Å². The first-order chi connectivity index (χ1) is 12.6. The molecule has 1 aliphatic carbocycles. The van der Waals surface area contributed by atoms with Gasteiger partial charge in [0.05, 0.1) is 18.4 Å². The molecule has 1 saturated carbocycles. The van der Waals surface area contributed by atoms with Crippen molar-refractivity contribution in [1.82, 2.24) is 0 Å². The standard InChI is InChI=1S/C20H30O7/c1-11-6-7-14-12(10-18(2,3)16(22)23-5)15(21)24-17-20(14)13(11)8-9-19(4,25-17)26-27-20/h11-14,17H,6-10H2,1-5H3/t11-,12?,13+,14+,17-,19+,20-/m1/s1. The Hall–Kier alpha value is -1.18. The molecule has 152 valence electrons. The lowest BCUT2D eigenvalue weighted by Gasteiger charge is -2.58. The molecule has 0 radical (unpaired) electrons. The predicted octanol–water partition coefficient (Wildman–Crippen LogP) is 2.96. The zero-order chi connectivity index (χ0) is 19.6. The zero-order valence-corrected chi connectivity index (χ0v) is 16.8. The first-order valence-electron chi connectivity index (χ1n) is 9.96. The second kappa shape index (κ2) is 6.16. The van der Waals surface area contributed by atoms with Crippen molar-refractivity contribution < 1.29 is 33.6 Å². The van der Waals surface area contributed by atoms with Gasteiger partial charge in [0, 0.05) is 18.3 Å². The van der Waals surface area contributed by atoms with Crippen LogP contribution in [0.25, 0.3) is 0 Å². The number of methoxy groups -OCH3 is 1. The first kappa shape index (κ1) is 19.2. The maximum atomic E-state index is 13.0. The van der Waals surface area contributed by atoms with Crippen molar-refractivity contribution in [3.63, 3.8) is 0 Å². The fourth-order valence-electron chi connectivity index (χ4n) is 5.75. The summed E-state index contributed by atoms with van der Waals surface area (Å²) in [5.74, 6) is -1.51. The van der Waals surface area contributed by atoms with E-state index < -0.39 is 29.0 Å². The van der Waals surface area contributed by atoms with E-state index in [1.807, 2.05) is 6.92 Å². The fraction of sp³-hybridized carbons (Fsp3) is 0.900. The molecule has 0 N–H and O–H groups in total. The third kappa shape index (κ3) is 2.73. The van der Waals surface area contributed by atoms with E-state index in [2.05, 4.69) is 6.92 Å². The largest absolute Gasteiger partial charge is 0.469 e. The van der Waals surface area contributed by atoms with Crippen LogP contribution in [-0.2, 0) is 33.6 Å². The van der Waals surface area contributed by atoms with Crippen molar-refractivity contribution in [2.24, 2.45) is 29.1 Å². The quantitative estimate of drug-likeness (QED) is 0.548. The summed E-state index contributed by atoms with van der Waals surface area (Å²) in [6.45, 7) is 7.66. The van der Waals surface area contributed by atoms with Gasteiger partial charge in [0.2, 0.25) is 12.1 Å². The van der Waals surface area contributed by atoms with Crippen LogP contribution in [0.2, 0.25) is 0 Å². The van der Waals surface area contributed by atoms with E-state index in [9.17, 15) is 9.59 Å². The summed E-state index contributed by atoms with van der Waals surface area (Å²) in [5.41, 5.74) is -1.60. The van der Waals surface area contributed by atoms with Crippen LogP contribution in [0.3, 0.4) is 0 Å². The van der Waals surface area contributed by atoms with Gasteiger partial charge in [-0.3, -0.25) is 9.59 Å². The molecule has 5 aliphatic rings. The SMILES string of the molecule is COC(=O)C(C)(C)CC1C(=O)O[C@@H]2O[C@]3(C)CC[C@H]4[C@H](C)CC[C@@H]1[C@@]24OO3. The van der Waals surface area contributed by atoms with Gasteiger partial charge < -0.3 is 14.2 Å². The van der Waals surface area contributed by atoms with Crippen LogP contribution in [0.15, 0.2) is 0 Å². The number of carbonyl (C=O) groups is 2. The van der Waals surface area contributed by atoms with Gasteiger partial charge in [0.15, 0.2) is 5.60 Å². The van der Waals surface area contributed by atoms with Gasteiger partial charge in [-0.25, -0.2) is 9.78 Å². The van der Waals surface area contributed by atoms with E-state index in [0.29, 0.717) is 18.8 Å². The molecule has 4 saturated heterocycles. The molecule has 4 aliphatic heterocycles. The minimum atomic E-state index is -0.893. The molecule has 0 aromatic carbocycles. The van der Waals surface area contributed by atoms with Crippen LogP contribution < -0.4 is 0 Å². The summed E-state index contributed by atoms with van der Waals surface area (Å²) >= 11 is 0. The zero-order valence-electron chi connectivity index (χ0n) is 16.8. The Morgan fingerprint density at radius 2 is 1.96 bits per heavy atom. The van der Waals surface area contributed by atoms with Crippen LogP contribution in [0.4, 0.5) is 0 Å². The molecule has 1 unspecified atom stereocenters. The molecule has 2 bridgehead atoms. The summed E-state index contributed by atoms with van der Waals surface area (Å²) < 4.78 is 16.9. The Morgan fingerprint density at radius 1 is 1.22 bits per heavy atom. The highest BCUT2D eigenvalue weighted by Gasteiger charge is 2.71. The van der Waals surface area contributed by atoms with Gasteiger partial charge in [0.25, 0.3) is 0 Å². The van der Waals surface area contributed by atoms with E-state index in [0.717, 1.165) is 19.3 Å². The Labute approximate surface area is 159 Å². The lowest BCUT2D eigenvalue weighted by Crippen LogP contribution is -2.70. The molecular formula is C20H30O7. The van der Waals surface area contributed by atoms with Gasteiger partial charge in [-0.1, -0.05) is 6.92 Å². The van der Waals surface area contributed by atoms with Crippen molar-refractivity contribution in [3.8, 4) is 0 Å². The number of esters is 2. The average Bonchev–Trinajstić information content (AvgIpc) is 2.84. The lowest BCUT2D eigenvalue weighted by molar-refractivity contribution is -0.559. The highest BCUT2D eigenvalue weighted by Crippen LogP contribution is 2.60. The highest BCUT2D eigenvalue weighted by atomic mass is 17.3. The Bertz CT molecular complexity index is 646. The molecule has 7 nitrogen and oxygen atoms in total. The predicted molar refractivity (Wildman–Crippen MR) is 92.8 cm³/mol. The minimum absolute atomic E-state index is 0.114. The van der Waals surface area contributed by atoms with Gasteiger partial charge in [-0.05, 0) is 52.4 Å². The average molecular weight is 382 g/mol. The maximum Gasteiger partial charge on any atom is 0.311 e. The first-order valence-corrected chi connectivity index (χ1v) is 9.96. The van der Waals surface area contributed by atoms with Crippen molar-refractivity contribution in [1.29, 1.82) is 0 Å². The summed E-state index contributed by atoms with van der Waals surface area (Å²) in [6, 6.07) is 0. The van der Waals surface area contributed by atoms with E-state index in [4.69, 9.17) is 24.0 Å². The van der Waals surface area contributed by atoms with Crippen LogP contribution in [-0.4, -0.2) is 36.7 Å². The Morgan fingerprint density at radius 3 is 2.67 bits per heavy atom. The number of ether oxygens (including phenoxy) is 3. The molecule has 5 rings (SSSR count). The molecule has 7 atom stereocenters. The second-order valence-corrected chi connectivity index (χ2v) is 9.53. The maximum absolute atomic E-state index is 13.0. The van der Waals surface area contributed by atoms with E-state index in [-0.39, 0.29) is 23.8 Å². The van der Waals surface area contributed by atoms with Crippen LogP contribution in [0.1, 0.15) is 59.8 Å². The number of hydrogen-bond acceptors (Lipinski definition) is 7. The summed E-state index contributed by atoms with van der Waals surface area (Å²) in [5, 5.41) is 0. The molecule has 0 aromatic heterocycles. The summed E-state index contributed by atoms with van der Waals surface area (Å²) in [7, 11) is 1.37. The lowest BCUT2D eigenvalue weighted by atomic mass is 9.56. The fourth-order valence-corrected chi connectivity index (χ4v) is 5.75. The molecule has 1 spiro atoms. The number of carbonyl (C=O) groups excluding carboxylic acids is 2. The van der Waals surface area contributed by atoms with Crippen LogP contribution in [0.5, 0.6) is 0 Å². The minimum Gasteiger partial charge on any atom is -0.469 e. The smallest absolute Gasteiger partial charge is 0.311 e. The normalized spacial score (nSPS) is 46.3. The molecule has 0 aromatic rings. The van der Waals surface area contributed by atoms with Crippen molar-refractivity contribution in [2.45, 2.75) is 77.5 Å². The molecule has 7 heteroatoms. The van der Waals surface area contributed by atoms with Gasteiger partial charge >= 0.3 is 11.9 Å². The second-order valence-electron chi connectivity index (χ2n) is 9.53. The monoisotopic (exact) mass is 382 g/mol. The molecule has 27 heavy (non-hydrogen) atoms. The van der Waals surface area contributed by atoms with E-state index >= 15 is 0 Å². The topological polar surface area (TPSA) is 80.3 Å². The number of hydrogen-bond donors (Lipinski definition) is 0.